The van der Waals surface area contributed by atoms with Gasteiger partial charge >= 0.3 is 0 Å². The standard InChI is InChI=1S/C18H23N5O3S/c1-12-10-17(16(11-19)13(2)20-12)22-6-5-7-23(9-8-22)27(24,25)18-14(3)21-26-15(18)4/h10H,5-9H2,1-4H3. The average molecular weight is 389 g/mol. The summed E-state index contributed by atoms with van der Waals surface area (Å²) >= 11 is 0. The van der Waals surface area contributed by atoms with Gasteiger partial charge in [0.05, 0.1) is 16.9 Å². The van der Waals surface area contributed by atoms with Crippen molar-refractivity contribution in [3.05, 3.63) is 34.5 Å². The molecule has 0 radical (unpaired) electrons. The summed E-state index contributed by atoms with van der Waals surface area (Å²) in [4.78, 5) is 6.59. The molecule has 2 aromatic rings. The van der Waals surface area contributed by atoms with E-state index < -0.39 is 10.0 Å². The zero-order valence-electron chi connectivity index (χ0n) is 16.0. The van der Waals surface area contributed by atoms with E-state index in [1.807, 2.05) is 19.9 Å². The molecule has 144 valence electrons. The van der Waals surface area contributed by atoms with Crippen LogP contribution < -0.4 is 4.90 Å². The Kier molecular flexibility index (Phi) is 5.22. The van der Waals surface area contributed by atoms with Crippen LogP contribution in [0.4, 0.5) is 5.69 Å². The van der Waals surface area contributed by atoms with E-state index in [2.05, 4.69) is 21.1 Å². The van der Waals surface area contributed by atoms with Crippen molar-refractivity contribution in [3.63, 3.8) is 0 Å². The molecule has 1 saturated heterocycles. The fraction of sp³-hybridized carbons (Fsp3) is 0.500. The number of aryl methyl sites for hydroxylation is 4. The van der Waals surface area contributed by atoms with E-state index >= 15 is 0 Å². The third-order valence-corrected chi connectivity index (χ3v) is 6.92. The summed E-state index contributed by atoms with van der Waals surface area (Å²) in [6.07, 6.45) is 0.661. The zero-order valence-corrected chi connectivity index (χ0v) is 16.8. The van der Waals surface area contributed by atoms with Gasteiger partial charge in [-0.15, -0.1) is 0 Å². The molecular weight excluding hydrogens is 366 g/mol. The van der Waals surface area contributed by atoms with Crippen LogP contribution >= 0.6 is 0 Å². The number of rotatable bonds is 3. The lowest BCUT2D eigenvalue weighted by Crippen LogP contribution is -2.35. The number of anilines is 1. The Bertz CT molecular complexity index is 987. The summed E-state index contributed by atoms with van der Waals surface area (Å²) in [5.41, 5.74) is 3.27. The van der Waals surface area contributed by atoms with Crippen LogP contribution in [0, 0.1) is 39.0 Å². The van der Waals surface area contributed by atoms with Gasteiger partial charge in [-0.3, -0.25) is 4.98 Å². The van der Waals surface area contributed by atoms with Crippen molar-refractivity contribution < 1.29 is 12.9 Å². The van der Waals surface area contributed by atoms with E-state index in [1.165, 1.54) is 4.31 Å². The molecule has 0 atom stereocenters. The largest absolute Gasteiger partial charge is 0.369 e. The van der Waals surface area contributed by atoms with E-state index in [0.717, 1.165) is 11.4 Å². The molecular formula is C18H23N5O3S. The molecule has 0 aromatic carbocycles. The molecule has 0 bridgehead atoms. The summed E-state index contributed by atoms with van der Waals surface area (Å²) in [6, 6.07) is 4.12. The Balaban J connectivity index is 1.88. The van der Waals surface area contributed by atoms with Crippen LogP contribution in [0.1, 0.15) is 34.8 Å². The Morgan fingerprint density at radius 3 is 2.48 bits per heavy atom. The molecule has 1 aliphatic heterocycles. The molecule has 0 saturated carbocycles. The van der Waals surface area contributed by atoms with Crippen molar-refractivity contribution in [2.45, 2.75) is 39.0 Å². The molecule has 1 aliphatic rings. The van der Waals surface area contributed by atoms with Crippen molar-refractivity contribution in [1.82, 2.24) is 14.4 Å². The van der Waals surface area contributed by atoms with E-state index in [-0.39, 0.29) is 4.90 Å². The number of nitriles is 1. The topological polar surface area (TPSA) is 103 Å². The number of pyridine rings is 1. The highest BCUT2D eigenvalue weighted by molar-refractivity contribution is 7.89. The minimum absolute atomic E-state index is 0.157. The number of nitrogens with zero attached hydrogens (tertiary/aromatic N) is 5. The maximum absolute atomic E-state index is 13.1. The van der Waals surface area contributed by atoms with Gasteiger partial charge in [0, 0.05) is 31.9 Å². The van der Waals surface area contributed by atoms with E-state index in [0.29, 0.717) is 55.3 Å². The molecule has 0 spiro atoms. The van der Waals surface area contributed by atoms with Gasteiger partial charge in [-0.1, -0.05) is 5.16 Å². The lowest BCUT2D eigenvalue weighted by atomic mass is 10.1. The van der Waals surface area contributed by atoms with Gasteiger partial charge in [0.2, 0.25) is 10.0 Å². The molecule has 3 rings (SSSR count). The molecule has 3 heterocycles. The zero-order chi connectivity index (χ0) is 19.8. The van der Waals surface area contributed by atoms with Crippen molar-refractivity contribution >= 4 is 15.7 Å². The highest BCUT2D eigenvalue weighted by Gasteiger charge is 2.32. The van der Waals surface area contributed by atoms with Crippen molar-refractivity contribution in [2.24, 2.45) is 0 Å². The Morgan fingerprint density at radius 2 is 1.85 bits per heavy atom. The van der Waals surface area contributed by atoms with Gasteiger partial charge in [0.25, 0.3) is 0 Å². The summed E-state index contributed by atoms with van der Waals surface area (Å²) in [6.45, 7) is 8.87. The molecule has 0 unspecified atom stereocenters. The van der Waals surface area contributed by atoms with Crippen molar-refractivity contribution in [3.8, 4) is 6.07 Å². The molecule has 1 fully saturated rings. The molecule has 0 aliphatic carbocycles. The predicted molar refractivity (Wildman–Crippen MR) is 100.0 cm³/mol. The fourth-order valence-corrected chi connectivity index (χ4v) is 5.30. The maximum Gasteiger partial charge on any atom is 0.248 e. The van der Waals surface area contributed by atoms with Gasteiger partial charge < -0.3 is 9.42 Å². The normalized spacial score (nSPS) is 16.2. The second-order valence-electron chi connectivity index (χ2n) is 6.75. The quantitative estimate of drug-likeness (QED) is 0.791. The van der Waals surface area contributed by atoms with Gasteiger partial charge in [-0.05, 0) is 40.2 Å². The van der Waals surface area contributed by atoms with Crippen molar-refractivity contribution in [1.29, 1.82) is 5.26 Å². The van der Waals surface area contributed by atoms with Gasteiger partial charge in [-0.2, -0.15) is 9.57 Å². The summed E-state index contributed by atoms with van der Waals surface area (Å²) in [5, 5.41) is 13.3. The minimum atomic E-state index is -3.67. The number of sulfonamides is 1. The fourth-order valence-electron chi connectivity index (χ4n) is 3.54. The van der Waals surface area contributed by atoms with E-state index in [9.17, 15) is 13.7 Å². The van der Waals surface area contributed by atoms with E-state index in [4.69, 9.17) is 4.52 Å². The van der Waals surface area contributed by atoms with Gasteiger partial charge in [-0.25, -0.2) is 8.42 Å². The smallest absolute Gasteiger partial charge is 0.248 e. The monoisotopic (exact) mass is 389 g/mol. The number of aromatic nitrogens is 2. The summed E-state index contributed by atoms with van der Waals surface area (Å²) < 4.78 is 32.6. The Morgan fingerprint density at radius 1 is 1.11 bits per heavy atom. The molecule has 0 amide bonds. The van der Waals surface area contributed by atoms with Gasteiger partial charge in [0.1, 0.15) is 16.7 Å². The van der Waals surface area contributed by atoms with Crippen LogP contribution in [0.25, 0.3) is 0 Å². The second-order valence-corrected chi connectivity index (χ2v) is 8.63. The lowest BCUT2D eigenvalue weighted by molar-refractivity contribution is 0.389. The first-order valence-electron chi connectivity index (χ1n) is 8.82. The third-order valence-electron chi connectivity index (χ3n) is 4.78. The minimum Gasteiger partial charge on any atom is -0.369 e. The van der Waals surface area contributed by atoms with Crippen LogP contribution in [0.3, 0.4) is 0 Å². The lowest BCUT2D eigenvalue weighted by Gasteiger charge is -2.25. The summed E-state index contributed by atoms with van der Waals surface area (Å²) in [5.74, 6) is 0.306. The highest BCUT2D eigenvalue weighted by Crippen LogP contribution is 2.27. The highest BCUT2D eigenvalue weighted by atomic mass is 32.2. The molecule has 8 nitrogen and oxygen atoms in total. The Labute approximate surface area is 159 Å². The van der Waals surface area contributed by atoms with Crippen LogP contribution in [0.2, 0.25) is 0 Å². The first-order valence-corrected chi connectivity index (χ1v) is 10.3. The second kappa shape index (κ2) is 7.29. The Hall–Kier alpha value is -2.44. The molecule has 27 heavy (non-hydrogen) atoms. The third kappa shape index (κ3) is 3.55. The van der Waals surface area contributed by atoms with Crippen LogP contribution in [-0.4, -0.2) is 49.0 Å². The van der Waals surface area contributed by atoms with Crippen LogP contribution in [-0.2, 0) is 10.0 Å². The van der Waals surface area contributed by atoms with Crippen LogP contribution in [0.15, 0.2) is 15.5 Å². The first-order chi connectivity index (χ1) is 12.8. The van der Waals surface area contributed by atoms with Crippen LogP contribution in [0.5, 0.6) is 0 Å². The average Bonchev–Trinajstić information content (AvgIpc) is 2.81. The molecule has 2 aromatic heterocycles. The first kappa shape index (κ1) is 19.3. The predicted octanol–water partition coefficient (Wildman–Crippen LogP) is 2.08. The number of hydrogen-bond donors (Lipinski definition) is 0. The SMILES string of the molecule is Cc1cc(N2CCCN(S(=O)(=O)c3c(C)noc3C)CC2)c(C#N)c(C)n1. The molecule has 9 heteroatoms. The van der Waals surface area contributed by atoms with Gasteiger partial charge in [0.15, 0.2) is 5.76 Å². The summed E-state index contributed by atoms with van der Waals surface area (Å²) in [7, 11) is -3.67. The van der Waals surface area contributed by atoms with Crippen molar-refractivity contribution in [2.75, 3.05) is 31.1 Å². The molecule has 0 N–H and O–H groups in total. The maximum atomic E-state index is 13.1. The number of hydrogen-bond acceptors (Lipinski definition) is 7. The van der Waals surface area contributed by atoms with E-state index in [1.54, 1.807) is 13.8 Å².